The Morgan fingerprint density at radius 3 is 2.45 bits per heavy atom. The van der Waals surface area contributed by atoms with Gasteiger partial charge in [-0.3, -0.25) is 9.59 Å². The summed E-state index contributed by atoms with van der Waals surface area (Å²) in [7, 11) is 1.96. The van der Waals surface area contributed by atoms with E-state index in [1.807, 2.05) is 24.1 Å². The Hall–Kier alpha value is -1.40. The summed E-state index contributed by atoms with van der Waals surface area (Å²) in [5.74, 6) is -0.0279. The quantitative estimate of drug-likeness (QED) is 0.833. The highest BCUT2D eigenvalue weighted by Crippen LogP contribution is 2.11. The molecule has 0 atom stereocenters. The Bertz CT molecular complexity index is 511. The topological polar surface area (TPSA) is 61.4 Å². The zero-order chi connectivity index (χ0) is 15.9. The fourth-order valence-electron chi connectivity index (χ4n) is 2.56. The minimum Gasteiger partial charge on any atom is -0.352 e. The van der Waals surface area contributed by atoms with E-state index in [1.54, 1.807) is 12.1 Å². The van der Waals surface area contributed by atoms with Gasteiger partial charge < -0.3 is 15.5 Å². The van der Waals surface area contributed by atoms with Crippen molar-refractivity contribution in [3.8, 4) is 0 Å². The van der Waals surface area contributed by atoms with Crippen molar-refractivity contribution in [2.45, 2.75) is 25.3 Å². The number of benzene rings is 1. The molecule has 2 N–H and O–H groups in total. The van der Waals surface area contributed by atoms with Gasteiger partial charge in [0.2, 0.25) is 5.91 Å². The number of nitrogens with one attached hydrogen (secondary N) is 2. The van der Waals surface area contributed by atoms with E-state index in [2.05, 4.69) is 26.6 Å². The molecule has 0 spiro atoms. The number of likely N-dealkylation sites (tertiary alicyclic amines) is 1. The number of rotatable bonds is 5. The van der Waals surface area contributed by atoms with Crippen molar-refractivity contribution in [2.24, 2.45) is 0 Å². The summed E-state index contributed by atoms with van der Waals surface area (Å²) >= 11 is 3.33. The molecule has 2 amide bonds. The number of nitrogens with zero attached hydrogens (tertiary/aromatic N) is 1. The Kier molecular flexibility index (Phi) is 6.39. The number of halogens is 1. The molecule has 0 saturated carbocycles. The van der Waals surface area contributed by atoms with Crippen LogP contribution in [0.3, 0.4) is 0 Å². The average Bonchev–Trinajstić information content (AvgIpc) is 2.55. The van der Waals surface area contributed by atoms with Crippen LogP contribution in [0.4, 0.5) is 0 Å². The molecule has 5 nitrogen and oxygen atoms in total. The molecule has 1 heterocycles. The third-order valence-corrected chi connectivity index (χ3v) is 4.52. The second kappa shape index (κ2) is 8.29. The van der Waals surface area contributed by atoms with Gasteiger partial charge in [0, 0.05) is 42.1 Å². The molecule has 6 heteroatoms. The molecule has 22 heavy (non-hydrogen) atoms. The van der Waals surface area contributed by atoms with Crippen LogP contribution in [0, 0.1) is 0 Å². The first-order chi connectivity index (χ1) is 10.6. The average molecular weight is 368 g/mol. The molecule has 0 unspecified atom stereocenters. The van der Waals surface area contributed by atoms with Crippen LogP contribution in [0.15, 0.2) is 28.7 Å². The molecular formula is C16H22BrN3O2. The van der Waals surface area contributed by atoms with E-state index in [9.17, 15) is 9.59 Å². The van der Waals surface area contributed by atoms with Crippen molar-refractivity contribution in [1.29, 1.82) is 0 Å². The van der Waals surface area contributed by atoms with E-state index in [0.717, 1.165) is 30.4 Å². The van der Waals surface area contributed by atoms with Gasteiger partial charge in [-0.15, -0.1) is 0 Å². The van der Waals surface area contributed by atoms with Crippen molar-refractivity contribution < 1.29 is 9.59 Å². The van der Waals surface area contributed by atoms with Gasteiger partial charge in [0.05, 0.1) is 0 Å². The highest BCUT2D eigenvalue weighted by atomic mass is 79.9. The fraction of sp³-hybridized carbons (Fsp3) is 0.500. The Balaban J connectivity index is 1.71. The van der Waals surface area contributed by atoms with Crippen molar-refractivity contribution in [3.05, 3.63) is 34.3 Å². The highest BCUT2D eigenvalue weighted by Gasteiger charge is 2.21. The monoisotopic (exact) mass is 367 g/mol. The van der Waals surface area contributed by atoms with E-state index >= 15 is 0 Å². The number of carbonyl (C=O) groups excluding carboxylic acids is 2. The fourth-order valence-corrected chi connectivity index (χ4v) is 2.83. The molecule has 2 rings (SSSR count). The van der Waals surface area contributed by atoms with Gasteiger partial charge in [-0.05, 0) is 44.2 Å². The van der Waals surface area contributed by atoms with Crippen LogP contribution in [0.1, 0.15) is 29.6 Å². The van der Waals surface area contributed by atoms with E-state index in [0.29, 0.717) is 24.6 Å². The second-order valence-corrected chi connectivity index (χ2v) is 6.37. The largest absolute Gasteiger partial charge is 0.352 e. The molecule has 0 aromatic heterocycles. The zero-order valence-electron chi connectivity index (χ0n) is 12.8. The first-order valence-electron chi connectivity index (χ1n) is 7.59. The lowest BCUT2D eigenvalue weighted by Crippen LogP contribution is -2.44. The number of amides is 2. The van der Waals surface area contributed by atoms with E-state index in [1.165, 1.54) is 0 Å². The SMILES string of the molecule is CNC1CCN(C(=O)CCNC(=O)c2ccc(Br)cc2)CC1. The molecule has 1 aliphatic rings. The van der Waals surface area contributed by atoms with Crippen LogP contribution in [-0.2, 0) is 4.79 Å². The summed E-state index contributed by atoms with van der Waals surface area (Å²) in [6.45, 7) is 1.97. The Morgan fingerprint density at radius 2 is 1.86 bits per heavy atom. The van der Waals surface area contributed by atoms with Gasteiger partial charge in [0.15, 0.2) is 0 Å². The van der Waals surface area contributed by atoms with Gasteiger partial charge in [-0.25, -0.2) is 0 Å². The van der Waals surface area contributed by atoms with Crippen LogP contribution in [-0.4, -0.2) is 49.4 Å². The normalized spacial score (nSPS) is 15.6. The van der Waals surface area contributed by atoms with E-state index in [4.69, 9.17) is 0 Å². The molecule has 0 bridgehead atoms. The predicted molar refractivity (Wildman–Crippen MR) is 89.8 cm³/mol. The molecule has 0 radical (unpaired) electrons. The molecule has 1 aromatic rings. The standard InChI is InChI=1S/C16H22BrN3O2/c1-18-14-7-10-20(11-8-14)15(21)6-9-19-16(22)12-2-4-13(17)5-3-12/h2-5,14,18H,6-11H2,1H3,(H,19,22). The number of carbonyl (C=O) groups is 2. The zero-order valence-corrected chi connectivity index (χ0v) is 14.4. The highest BCUT2D eigenvalue weighted by molar-refractivity contribution is 9.10. The third kappa shape index (κ3) is 4.81. The molecular weight excluding hydrogens is 346 g/mol. The lowest BCUT2D eigenvalue weighted by atomic mass is 10.1. The number of hydrogen-bond acceptors (Lipinski definition) is 3. The van der Waals surface area contributed by atoms with Crippen molar-refractivity contribution in [3.63, 3.8) is 0 Å². The lowest BCUT2D eigenvalue weighted by molar-refractivity contribution is -0.132. The summed E-state index contributed by atoms with van der Waals surface area (Å²) < 4.78 is 0.934. The van der Waals surface area contributed by atoms with Crippen molar-refractivity contribution >= 4 is 27.7 Å². The van der Waals surface area contributed by atoms with Crippen LogP contribution < -0.4 is 10.6 Å². The summed E-state index contributed by atoms with van der Waals surface area (Å²) in [4.78, 5) is 25.9. The van der Waals surface area contributed by atoms with Gasteiger partial charge in [0.1, 0.15) is 0 Å². The summed E-state index contributed by atoms with van der Waals surface area (Å²) in [5, 5.41) is 6.04. The van der Waals surface area contributed by atoms with Gasteiger partial charge in [-0.2, -0.15) is 0 Å². The van der Waals surface area contributed by atoms with E-state index in [-0.39, 0.29) is 11.8 Å². The van der Waals surface area contributed by atoms with Crippen LogP contribution >= 0.6 is 15.9 Å². The minimum absolute atomic E-state index is 0.116. The third-order valence-electron chi connectivity index (χ3n) is 3.99. The first kappa shape index (κ1) is 17.0. The Morgan fingerprint density at radius 1 is 1.23 bits per heavy atom. The molecule has 1 saturated heterocycles. The molecule has 1 fully saturated rings. The number of hydrogen-bond donors (Lipinski definition) is 2. The van der Waals surface area contributed by atoms with Crippen LogP contribution in [0.25, 0.3) is 0 Å². The number of piperidine rings is 1. The van der Waals surface area contributed by atoms with Crippen LogP contribution in [0.5, 0.6) is 0 Å². The molecule has 1 aliphatic heterocycles. The Labute approximate surface area is 139 Å². The lowest BCUT2D eigenvalue weighted by Gasteiger charge is -2.31. The summed E-state index contributed by atoms with van der Waals surface area (Å²) in [6, 6.07) is 7.67. The molecule has 0 aliphatic carbocycles. The first-order valence-corrected chi connectivity index (χ1v) is 8.38. The van der Waals surface area contributed by atoms with Gasteiger partial charge >= 0.3 is 0 Å². The maximum Gasteiger partial charge on any atom is 0.251 e. The second-order valence-electron chi connectivity index (χ2n) is 5.46. The summed E-state index contributed by atoms with van der Waals surface area (Å²) in [5.41, 5.74) is 0.602. The van der Waals surface area contributed by atoms with Crippen molar-refractivity contribution in [1.82, 2.24) is 15.5 Å². The minimum atomic E-state index is -0.144. The summed E-state index contributed by atoms with van der Waals surface area (Å²) in [6.07, 6.45) is 2.34. The maximum absolute atomic E-state index is 12.1. The maximum atomic E-state index is 12.1. The molecule has 120 valence electrons. The van der Waals surface area contributed by atoms with E-state index < -0.39 is 0 Å². The predicted octanol–water partition coefficient (Wildman–Crippen LogP) is 1.78. The van der Waals surface area contributed by atoms with Gasteiger partial charge in [0.25, 0.3) is 5.91 Å². The van der Waals surface area contributed by atoms with Gasteiger partial charge in [-0.1, -0.05) is 15.9 Å². The smallest absolute Gasteiger partial charge is 0.251 e. The molecule has 1 aromatic carbocycles. The van der Waals surface area contributed by atoms with Crippen LogP contribution in [0.2, 0.25) is 0 Å². The van der Waals surface area contributed by atoms with Crippen molar-refractivity contribution in [2.75, 3.05) is 26.7 Å².